The van der Waals surface area contributed by atoms with Gasteiger partial charge in [-0.15, -0.1) is 11.8 Å². The van der Waals surface area contributed by atoms with Gasteiger partial charge in [-0.3, -0.25) is 9.63 Å². The third-order valence-electron chi connectivity index (χ3n) is 2.82. The van der Waals surface area contributed by atoms with Gasteiger partial charge in [-0.05, 0) is 18.7 Å². The number of amides is 1. The second-order valence-corrected chi connectivity index (χ2v) is 6.97. The van der Waals surface area contributed by atoms with Crippen LogP contribution in [0.4, 0.5) is 4.79 Å². The Morgan fingerprint density at radius 1 is 1.29 bits per heavy atom. The molecule has 0 aliphatic rings. The Hall–Kier alpha value is -1.71. The molecular weight excluding hydrogens is 350 g/mol. The minimum atomic E-state index is -0.890. The van der Waals surface area contributed by atoms with Gasteiger partial charge in [0.2, 0.25) is 0 Å². The molecule has 0 bridgehead atoms. The number of carbonyl (C=O) groups is 2. The Balaban J connectivity index is 2.65. The summed E-state index contributed by atoms with van der Waals surface area (Å²) < 4.78 is 3.07. The number of thioether (sulfide) groups is 1. The van der Waals surface area contributed by atoms with Crippen molar-refractivity contribution in [1.29, 1.82) is 0 Å². The number of aliphatic carboxylic acids is 1. The fraction of sp³-hybridized carbons (Fsp3) is 0.400. The second-order valence-electron chi connectivity index (χ2n) is 4.74. The second kappa shape index (κ2) is 11.0. The first kappa shape index (κ1) is 20.3. The standard InChI is InChI=1S/C15H21N3O4S2/c1-12(23-3)16-22-15(21)17(2)24-18(10-9-14(19)20)11-13-7-5-4-6-8-13/h4-8H,9-11H2,1-3H3,(H,19,20)/b16-12-. The Bertz CT molecular complexity index is 569. The fourth-order valence-corrected chi connectivity index (χ4v) is 2.50. The van der Waals surface area contributed by atoms with Crippen LogP contribution in [0.3, 0.4) is 0 Å². The Morgan fingerprint density at radius 3 is 2.54 bits per heavy atom. The van der Waals surface area contributed by atoms with Crippen LogP contribution in [0, 0.1) is 0 Å². The van der Waals surface area contributed by atoms with Crippen LogP contribution in [0.1, 0.15) is 18.9 Å². The first-order chi connectivity index (χ1) is 11.4. The van der Waals surface area contributed by atoms with E-state index < -0.39 is 12.1 Å². The molecule has 1 aromatic rings. The van der Waals surface area contributed by atoms with Crippen molar-refractivity contribution in [3.63, 3.8) is 0 Å². The van der Waals surface area contributed by atoms with Crippen molar-refractivity contribution in [1.82, 2.24) is 8.61 Å². The SMILES string of the molecule is CS/C(C)=N\OC(=O)N(C)SN(CCC(=O)O)Cc1ccccc1. The van der Waals surface area contributed by atoms with E-state index >= 15 is 0 Å². The highest BCUT2D eigenvalue weighted by Gasteiger charge is 2.18. The molecule has 9 heteroatoms. The Labute approximate surface area is 150 Å². The summed E-state index contributed by atoms with van der Waals surface area (Å²) in [7, 11) is 1.55. The van der Waals surface area contributed by atoms with E-state index in [1.807, 2.05) is 36.6 Å². The van der Waals surface area contributed by atoms with Crippen molar-refractivity contribution in [2.45, 2.75) is 19.9 Å². The average molecular weight is 371 g/mol. The lowest BCUT2D eigenvalue weighted by Gasteiger charge is -2.24. The van der Waals surface area contributed by atoms with E-state index in [2.05, 4.69) is 5.16 Å². The summed E-state index contributed by atoms with van der Waals surface area (Å²) in [6, 6.07) is 9.62. The zero-order valence-electron chi connectivity index (χ0n) is 13.8. The molecule has 0 unspecified atom stereocenters. The van der Waals surface area contributed by atoms with E-state index in [0.717, 1.165) is 17.7 Å². The van der Waals surface area contributed by atoms with Gasteiger partial charge in [0, 0.05) is 32.3 Å². The van der Waals surface area contributed by atoms with Crippen LogP contribution in [0.15, 0.2) is 35.5 Å². The molecule has 1 N–H and O–H groups in total. The van der Waals surface area contributed by atoms with E-state index in [1.54, 1.807) is 18.3 Å². The molecule has 0 aromatic heterocycles. The average Bonchev–Trinajstić information content (AvgIpc) is 2.57. The third kappa shape index (κ3) is 8.23. The highest BCUT2D eigenvalue weighted by molar-refractivity contribution is 8.13. The minimum absolute atomic E-state index is 0.0214. The molecule has 0 heterocycles. The highest BCUT2D eigenvalue weighted by Crippen LogP contribution is 2.19. The lowest BCUT2D eigenvalue weighted by molar-refractivity contribution is -0.137. The highest BCUT2D eigenvalue weighted by atomic mass is 32.2. The summed E-state index contributed by atoms with van der Waals surface area (Å²) in [5.41, 5.74) is 1.02. The van der Waals surface area contributed by atoms with E-state index in [-0.39, 0.29) is 6.42 Å². The predicted octanol–water partition coefficient (Wildman–Crippen LogP) is 3.29. The molecule has 132 valence electrons. The maximum atomic E-state index is 11.9. The van der Waals surface area contributed by atoms with Gasteiger partial charge in [0.1, 0.15) is 5.04 Å². The molecule has 0 spiro atoms. The largest absolute Gasteiger partial charge is 0.481 e. The first-order valence-electron chi connectivity index (χ1n) is 7.14. The molecule has 0 fully saturated rings. The van der Waals surface area contributed by atoms with Gasteiger partial charge in [0.05, 0.1) is 6.42 Å². The lowest BCUT2D eigenvalue weighted by Crippen LogP contribution is -2.28. The van der Waals surface area contributed by atoms with Crippen LogP contribution >= 0.6 is 23.9 Å². The van der Waals surface area contributed by atoms with Crippen molar-refractivity contribution in [3.05, 3.63) is 35.9 Å². The zero-order valence-corrected chi connectivity index (χ0v) is 15.5. The number of benzene rings is 1. The van der Waals surface area contributed by atoms with Gasteiger partial charge in [0.15, 0.2) is 0 Å². The van der Waals surface area contributed by atoms with Crippen molar-refractivity contribution in [2.24, 2.45) is 5.16 Å². The molecule has 0 radical (unpaired) electrons. The van der Waals surface area contributed by atoms with Gasteiger partial charge < -0.3 is 5.11 Å². The van der Waals surface area contributed by atoms with Crippen molar-refractivity contribution in [3.8, 4) is 0 Å². The summed E-state index contributed by atoms with van der Waals surface area (Å²) in [6.45, 7) is 2.53. The van der Waals surface area contributed by atoms with E-state index in [1.165, 1.54) is 16.1 Å². The number of carboxylic acid groups (broad SMARTS) is 1. The van der Waals surface area contributed by atoms with Gasteiger partial charge in [-0.25, -0.2) is 13.4 Å². The van der Waals surface area contributed by atoms with E-state index in [4.69, 9.17) is 9.94 Å². The number of oxime groups is 1. The molecule has 0 aliphatic carbocycles. The maximum Gasteiger partial charge on any atom is 0.446 e. The molecular formula is C15H21N3O4S2. The number of rotatable bonds is 8. The summed E-state index contributed by atoms with van der Waals surface area (Å²) >= 11 is 2.48. The third-order valence-corrected chi connectivity index (χ3v) is 4.42. The summed E-state index contributed by atoms with van der Waals surface area (Å²) in [5.74, 6) is -0.890. The summed E-state index contributed by atoms with van der Waals surface area (Å²) in [4.78, 5) is 27.6. The molecule has 0 saturated heterocycles. The van der Waals surface area contributed by atoms with Gasteiger partial charge in [-0.2, -0.15) is 0 Å². The molecule has 0 atom stereocenters. The van der Waals surface area contributed by atoms with Crippen molar-refractivity contribution < 1.29 is 19.5 Å². The molecule has 1 amide bonds. The minimum Gasteiger partial charge on any atom is -0.481 e. The van der Waals surface area contributed by atoms with Crippen LogP contribution in [-0.4, -0.2) is 50.7 Å². The predicted molar refractivity (Wildman–Crippen MR) is 97.6 cm³/mol. The number of nitrogens with zero attached hydrogens (tertiary/aromatic N) is 3. The summed E-state index contributed by atoms with van der Waals surface area (Å²) in [5, 5.41) is 13.2. The Kier molecular flexibility index (Phi) is 9.28. The molecule has 0 aliphatic heterocycles. The van der Waals surface area contributed by atoms with E-state index in [9.17, 15) is 9.59 Å². The van der Waals surface area contributed by atoms with Gasteiger partial charge >= 0.3 is 12.1 Å². The van der Waals surface area contributed by atoms with Crippen molar-refractivity contribution in [2.75, 3.05) is 19.8 Å². The van der Waals surface area contributed by atoms with E-state index in [0.29, 0.717) is 18.1 Å². The topological polar surface area (TPSA) is 82.4 Å². The van der Waals surface area contributed by atoms with Gasteiger partial charge in [0.25, 0.3) is 0 Å². The smallest absolute Gasteiger partial charge is 0.446 e. The quantitative estimate of drug-likeness (QED) is 0.247. The summed E-state index contributed by atoms with van der Waals surface area (Å²) in [6.07, 6.45) is 1.19. The van der Waals surface area contributed by atoms with Crippen LogP contribution in [0.5, 0.6) is 0 Å². The number of carboxylic acids is 1. The monoisotopic (exact) mass is 371 g/mol. The molecule has 1 rings (SSSR count). The van der Waals surface area contributed by atoms with Crippen LogP contribution < -0.4 is 0 Å². The molecule has 24 heavy (non-hydrogen) atoms. The van der Waals surface area contributed by atoms with Crippen LogP contribution in [-0.2, 0) is 16.2 Å². The molecule has 0 saturated carbocycles. The number of hydrogen-bond donors (Lipinski definition) is 1. The lowest BCUT2D eigenvalue weighted by atomic mass is 10.2. The maximum absolute atomic E-state index is 11.9. The Morgan fingerprint density at radius 2 is 1.96 bits per heavy atom. The molecule has 7 nitrogen and oxygen atoms in total. The van der Waals surface area contributed by atoms with Crippen LogP contribution in [0.2, 0.25) is 0 Å². The number of hydrogen-bond acceptors (Lipinski definition) is 7. The van der Waals surface area contributed by atoms with Crippen molar-refractivity contribution >= 4 is 41.0 Å². The molecule has 1 aromatic carbocycles. The van der Waals surface area contributed by atoms with Gasteiger partial charge in [-0.1, -0.05) is 35.5 Å². The zero-order chi connectivity index (χ0) is 17.9. The fourth-order valence-electron chi connectivity index (χ4n) is 1.56. The first-order valence-corrected chi connectivity index (χ1v) is 9.10. The normalized spacial score (nSPS) is 11.4. The van der Waals surface area contributed by atoms with Crippen LogP contribution in [0.25, 0.3) is 0 Å². The number of carbonyl (C=O) groups excluding carboxylic acids is 1.